The highest BCUT2D eigenvalue weighted by Gasteiger charge is 2.25. The predicted octanol–water partition coefficient (Wildman–Crippen LogP) is 0.242. The van der Waals surface area contributed by atoms with Crippen molar-refractivity contribution in [3.63, 3.8) is 0 Å². The van der Waals surface area contributed by atoms with Gasteiger partial charge in [0.15, 0.2) is 6.17 Å². The molecule has 13 heavy (non-hydrogen) atoms. The first kappa shape index (κ1) is 9.56. The summed E-state index contributed by atoms with van der Waals surface area (Å²) < 4.78 is 24.5. The van der Waals surface area contributed by atoms with Crippen LogP contribution in [0.2, 0.25) is 0 Å². The molecule has 1 heterocycles. The first-order chi connectivity index (χ1) is 6.15. The Morgan fingerprint density at radius 2 is 2.46 bits per heavy atom. The Kier molecular flexibility index (Phi) is 2.88. The summed E-state index contributed by atoms with van der Waals surface area (Å²) in [6, 6.07) is 0. The molecule has 0 aromatic carbocycles. The van der Waals surface area contributed by atoms with Crippen molar-refractivity contribution in [1.29, 1.82) is 0 Å². The van der Waals surface area contributed by atoms with Crippen molar-refractivity contribution in [3.05, 3.63) is 0 Å². The molecular formula is C6H9F2N5. The maximum atomic E-state index is 12.2. The van der Waals surface area contributed by atoms with E-state index < -0.39 is 12.7 Å². The van der Waals surface area contributed by atoms with E-state index in [9.17, 15) is 8.78 Å². The largest absolute Gasteiger partial charge is 0.387 e. The van der Waals surface area contributed by atoms with Gasteiger partial charge in [-0.05, 0) is 0 Å². The number of hydrazone groups is 1. The summed E-state index contributed by atoms with van der Waals surface area (Å²) in [7, 11) is 0. The van der Waals surface area contributed by atoms with Gasteiger partial charge in [-0.1, -0.05) is 0 Å². The van der Waals surface area contributed by atoms with E-state index in [0.29, 0.717) is 5.01 Å². The van der Waals surface area contributed by atoms with Gasteiger partial charge in [0.2, 0.25) is 0 Å². The highest BCUT2D eigenvalue weighted by atomic mass is 19.3. The monoisotopic (exact) mass is 189 g/mol. The van der Waals surface area contributed by atoms with Crippen LogP contribution in [0.4, 0.5) is 8.78 Å². The lowest BCUT2D eigenvalue weighted by molar-refractivity contribution is -0.0485. The summed E-state index contributed by atoms with van der Waals surface area (Å²) in [4.78, 5) is 7.32. The first-order valence-electron chi connectivity index (χ1n) is 3.52. The molecule has 2 N–H and O–H groups in total. The zero-order chi connectivity index (χ0) is 9.84. The van der Waals surface area contributed by atoms with Crippen LogP contribution >= 0.6 is 0 Å². The number of aliphatic imine (C=N–C) groups is 2. The van der Waals surface area contributed by atoms with Crippen molar-refractivity contribution in [2.24, 2.45) is 20.8 Å². The summed E-state index contributed by atoms with van der Waals surface area (Å²) in [6.45, 7) is 0.293. The summed E-state index contributed by atoms with van der Waals surface area (Å²) in [5.74, 6) is 0.259. The number of rotatable bonds is 3. The van der Waals surface area contributed by atoms with Gasteiger partial charge >= 0.3 is 6.55 Å². The molecule has 0 aromatic heterocycles. The maximum absolute atomic E-state index is 12.2. The molecule has 0 fully saturated rings. The number of hydrogen-bond donors (Lipinski definition) is 1. The van der Waals surface area contributed by atoms with E-state index in [-0.39, 0.29) is 12.3 Å². The Labute approximate surface area is 73.6 Å². The van der Waals surface area contributed by atoms with Crippen LogP contribution in [0, 0.1) is 0 Å². The minimum Gasteiger partial charge on any atom is -0.387 e. The van der Waals surface area contributed by atoms with Gasteiger partial charge < -0.3 is 5.73 Å². The molecule has 0 saturated heterocycles. The van der Waals surface area contributed by atoms with Crippen LogP contribution in [0.25, 0.3) is 0 Å². The van der Waals surface area contributed by atoms with Crippen molar-refractivity contribution >= 4 is 18.9 Å². The van der Waals surface area contributed by atoms with Gasteiger partial charge in [0, 0.05) is 13.1 Å². The maximum Gasteiger partial charge on any atom is 0.331 e. The molecule has 5 nitrogen and oxygen atoms in total. The first-order valence-corrected chi connectivity index (χ1v) is 3.52. The molecule has 0 spiro atoms. The SMILES string of the molecule is C=NN(C(F)F)C1CC(N)=NC=N1. The van der Waals surface area contributed by atoms with E-state index in [2.05, 4.69) is 21.8 Å². The Balaban J connectivity index is 2.67. The predicted molar refractivity (Wildman–Crippen MR) is 45.9 cm³/mol. The fourth-order valence-electron chi connectivity index (χ4n) is 0.925. The molecule has 0 amide bonds. The van der Waals surface area contributed by atoms with Gasteiger partial charge in [-0.15, -0.1) is 0 Å². The lowest BCUT2D eigenvalue weighted by atomic mass is 10.3. The number of alkyl halides is 2. The minimum absolute atomic E-state index is 0.139. The lowest BCUT2D eigenvalue weighted by Gasteiger charge is -2.25. The number of nitrogens with two attached hydrogens (primary N) is 1. The normalized spacial score (nSPS) is 21.5. The molecule has 0 aliphatic carbocycles. The van der Waals surface area contributed by atoms with Crippen LogP contribution in [0.3, 0.4) is 0 Å². The van der Waals surface area contributed by atoms with E-state index in [0.717, 1.165) is 6.34 Å². The zero-order valence-electron chi connectivity index (χ0n) is 6.77. The Morgan fingerprint density at radius 3 is 2.92 bits per heavy atom. The van der Waals surface area contributed by atoms with Crippen LogP contribution in [0.5, 0.6) is 0 Å². The third-order valence-corrected chi connectivity index (χ3v) is 1.52. The van der Waals surface area contributed by atoms with Gasteiger partial charge in [-0.3, -0.25) is 0 Å². The quantitative estimate of drug-likeness (QED) is 0.392. The van der Waals surface area contributed by atoms with Crippen LogP contribution in [-0.4, -0.2) is 36.6 Å². The molecular weight excluding hydrogens is 180 g/mol. The second kappa shape index (κ2) is 3.92. The van der Waals surface area contributed by atoms with E-state index >= 15 is 0 Å². The van der Waals surface area contributed by atoms with Crippen molar-refractivity contribution < 1.29 is 8.78 Å². The molecule has 0 bridgehead atoms. The highest BCUT2D eigenvalue weighted by Crippen LogP contribution is 2.14. The van der Waals surface area contributed by atoms with E-state index in [1.165, 1.54) is 0 Å². The summed E-state index contributed by atoms with van der Waals surface area (Å²) >= 11 is 0. The standard InChI is InChI=1S/C6H9F2N5/c1-10-13(6(7)8)5-2-4(9)11-3-12-5/h3,5-6H,1-2H2,(H2,9,11,12). The van der Waals surface area contributed by atoms with Gasteiger partial charge in [-0.2, -0.15) is 13.9 Å². The molecule has 72 valence electrons. The molecule has 0 aromatic rings. The van der Waals surface area contributed by atoms with Crippen LogP contribution < -0.4 is 5.73 Å². The topological polar surface area (TPSA) is 66.3 Å². The van der Waals surface area contributed by atoms with Gasteiger partial charge in [0.05, 0.1) is 0 Å². The number of halogens is 2. The number of nitrogens with zero attached hydrogens (tertiary/aromatic N) is 4. The second-order valence-electron chi connectivity index (χ2n) is 2.37. The fourth-order valence-corrected chi connectivity index (χ4v) is 0.925. The summed E-state index contributed by atoms with van der Waals surface area (Å²) in [5.41, 5.74) is 5.34. The molecule has 1 aliphatic rings. The van der Waals surface area contributed by atoms with Crippen molar-refractivity contribution in [2.45, 2.75) is 19.1 Å². The highest BCUT2D eigenvalue weighted by molar-refractivity contribution is 5.89. The zero-order valence-corrected chi connectivity index (χ0v) is 6.77. The minimum atomic E-state index is -2.73. The van der Waals surface area contributed by atoms with Crippen molar-refractivity contribution in [2.75, 3.05) is 0 Å². The Morgan fingerprint density at radius 1 is 1.77 bits per heavy atom. The van der Waals surface area contributed by atoms with Crippen LogP contribution in [0.1, 0.15) is 6.42 Å². The van der Waals surface area contributed by atoms with Crippen molar-refractivity contribution in [3.8, 4) is 0 Å². The van der Waals surface area contributed by atoms with Gasteiger partial charge in [0.1, 0.15) is 12.2 Å². The summed E-state index contributed by atoms with van der Waals surface area (Å²) in [5, 5.41) is 3.64. The molecule has 0 saturated carbocycles. The molecule has 1 unspecified atom stereocenters. The fraction of sp³-hybridized carbons (Fsp3) is 0.500. The molecule has 1 aliphatic heterocycles. The molecule has 1 atom stereocenters. The second-order valence-corrected chi connectivity index (χ2v) is 2.37. The van der Waals surface area contributed by atoms with Crippen LogP contribution in [0.15, 0.2) is 15.1 Å². The smallest absolute Gasteiger partial charge is 0.331 e. The van der Waals surface area contributed by atoms with E-state index in [1.807, 2.05) is 0 Å². The average molecular weight is 189 g/mol. The van der Waals surface area contributed by atoms with Gasteiger partial charge in [-0.25, -0.2) is 15.0 Å². The average Bonchev–Trinajstić information content (AvgIpc) is 2.04. The third kappa shape index (κ3) is 2.20. The molecule has 0 radical (unpaired) electrons. The lowest BCUT2D eigenvalue weighted by Crippen LogP contribution is -2.38. The number of amidine groups is 1. The molecule has 7 heteroatoms. The van der Waals surface area contributed by atoms with E-state index in [4.69, 9.17) is 5.73 Å². The van der Waals surface area contributed by atoms with Crippen molar-refractivity contribution in [1.82, 2.24) is 5.01 Å². The third-order valence-electron chi connectivity index (χ3n) is 1.52. The van der Waals surface area contributed by atoms with Gasteiger partial charge in [0.25, 0.3) is 0 Å². The van der Waals surface area contributed by atoms with Crippen LogP contribution in [-0.2, 0) is 0 Å². The van der Waals surface area contributed by atoms with E-state index in [1.54, 1.807) is 0 Å². The Hall–Kier alpha value is -1.53. The number of hydrogen-bond acceptors (Lipinski definition) is 5. The molecule has 1 rings (SSSR count). The summed E-state index contributed by atoms with van der Waals surface area (Å²) in [6.07, 6.45) is 0.485. The Bertz CT molecular complexity index is 249.